The Balaban J connectivity index is 2.16. The van der Waals surface area contributed by atoms with Gasteiger partial charge in [0.25, 0.3) is 0 Å². The highest BCUT2D eigenvalue weighted by atomic mass is 16.7. The van der Waals surface area contributed by atoms with E-state index in [1.165, 1.54) is 0 Å². The fourth-order valence-electron chi connectivity index (χ4n) is 2.17. The van der Waals surface area contributed by atoms with E-state index in [1.54, 1.807) is 48.5 Å². The van der Waals surface area contributed by atoms with Gasteiger partial charge in [-0.05, 0) is 24.6 Å². The first-order valence-corrected chi connectivity index (χ1v) is 8.41. The van der Waals surface area contributed by atoms with Gasteiger partial charge in [-0.3, -0.25) is 0 Å². The number of ether oxygens (including phenoxy) is 3. The Morgan fingerprint density at radius 2 is 1.96 bits per heavy atom. The van der Waals surface area contributed by atoms with Crippen molar-refractivity contribution in [1.29, 1.82) is 0 Å². The first-order chi connectivity index (χ1) is 12.6. The maximum absolute atomic E-state index is 12.5. The van der Waals surface area contributed by atoms with Crippen molar-refractivity contribution in [2.75, 3.05) is 0 Å². The van der Waals surface area contributed by atoms with Gasteiger partial charge in [-0.1, -0.05) is 50.3 Å². The predicted octanol–water partition coefficient (Wildman–Crippen LogP) is 4.33. The molecule has 26 heavy (non-hydrogen) atoms. The molecule has 0 fully saturated rings. The monoisotopic (exact) mass is 353 g/mol. The van der Waals surface area contributed by atoms with Crippen LogP contribution >= 0.6 is 0 Å². The van der Waals surface area contributed by atoms with E-state index in [0.29, 0.717) is 12.2 Å². The third-order valence-electron chi connectivity index (χ3n) is 3.46. The third-order valence-corrected chi connectivity index (χ3v) is 3.46. The van der Waals surface area contributed by atoms with E-state index >= 15 is 0 Å². The SMILES string of the molecule is C=CC(=O)OC(CCCC)Oc1ccccc1C(=O)Oc1[c]cccc1. The van der Waals surface area contributed by atoms with Crippen molar-refractivity contribution >= 4 is 11.9 Å². The molecular weight excluding hydrogens is 332 g/mol. The molecule has 135 valence electrons. The highest BCUT2D eigenvalue weighted by Crippen LogP contribution is 2.23. The molecule has 0 N–H and O–H groups in total. The molecule has 1 radical (unpaired) electrons. The number of carbonyl (C=O) groups is 2. The van der Waals surface area contributed by atoms with Crippen molar-refractivity contribution in [3.8, 4) is 11.5 Å². The average molecular weight is 353 g/mol. The molecule has 5 heteroatoms. The van der Waals surface area contributed by atoms with Gasteiger partial charge < -0.3 is 14.2 Å². The van der Waals surface area contributed by atoms with Crippen molar-refractivity contribution in [3.63, 3.8) is 0 Å². The topological polar surface area (TPSA) is 61.8 Å². The first kappa shape index (κ1) is 19.2. The summed E-state index contributed by atoms with van der Waals surface area (Å²) in [5, 5.41) is 0. The Kier molecular flexibility index (Phi) is 7.43. The first-order valence-electron chi connectivity index (χ1n) is 8.41. The smallest absolute Gasteiger partial charge is 0.347 e. The van der Waals surface area contributed by atoms with Crippen molar-refractivity contribution in [3.05, 3.63) is 72.8 Å². The number of unbranched alkanes of at least 4 members (excludes halogenated alkanes) is 1. The van der Waals surface area contributed by atoms with Crippen molar-refractivity contribution in [2.45, 2.75) is 32.5 Å². The molecule has 0 bridgehead atoms. The number of benzene rings is 2. The summed E-state index contributed by atoms with van der Waals surface area (Å²) in [5.74, 6) is -0.559. The molecule has 0 aliphatic rings. The van der Waals surface area contributed by atoms with Gasteiger partial charge in [-0.25, -0.2) is 9.59 Å². The molecule has 1 atom stereocenters. The van der Waals surface area contributed by atoms with Crippen molar-refractivity contribution in [2.24, 2.45) is 0 Å². The Hall–Kier alpha value is -3.08. The summed E-state index contributed by atoms with van der Waals surface area (Å²) in [6, 6.07) is 16.3. The summed E-state index contributed by atoms with van der Waals surface area (Å²) in [6.45, 7) is 5.41. The predicted molar refractivity (Wildman–Crippen MR) is 96.9 cm³/mol. The molecule has 5 nitrogen and oxygen atoms in total. The summed E-state index contributed by atoms with van der Waals surface area (Å²) in [7, 11) is 0. The van der Waals surface area contributed by atoms with Gasteiger partial charge in [-0.15, -0.1) is 0 Å². The van der Waals surface area contributed by atoms with Crippen LogP contribution in [0.1, 0.15) is 36.5 Å². The molecule has 0 saturated heterocycles. The van der Waals surface area contributed by atoms with E-state index in [9.17, 15) is 9.59 Å². The quantitative estimate of drug-likeness (QED) is 0.291. The molecule has 0 saturated carbocycles. The number of rotatable bonds is 9. The molecule has 2 aromatic carbocycles. The van der Waals surface area contributed by atoms with Gasteiger partial charge >= 0.3 is 11.9 Å². The van der Waals surface area contributed by atoms with Gasteiger partial charge in [0.1, 0.15) is 17.1 Å². The van der Waals surface area contributed by atoms with Gasteiger partial charge in [0.2, 0.25) is 6.29 Å². The van der Waals surface area contributed by atoms with Crippen molar-refractivity contribution < 1.29 is 23.8 Å². The molecule has 2 aromatic rings. The van der Waals surface area contributed by atoms with Crippen molar-refractivity contribution in [1.82, 2.24) is 0 Å². The molecule has 1 unspecified atom stereocenters. The van der Waals surface area contributed by atoms with Crippen LogP contribution in [-0.2, 0) is 9.53 Å². The largest absolute Gasteiger partial charge is 0.454 e. The van der Waals surface area contributed by atoms with E-state index in [0.717, 1.165) is 18.9 Å². The Morgan fingerprint density at radius 1 is 1.19 bits per heavy atom. The lowest BCUT2D eigenvalue weighted by molar-refractivity contribution is -0.158. The van der Waals surface area contributed by atoms with E-state index in [-0.39, 0.29) is 11.3 Å². The lowest BCUT2D eigenvalue weighted by Crippen LogP contribution is -2.24. The van der Waals surface area contributed by atoms with Crippen LogP contribution in [0.25, 0.3) is 0 Å². The van der Waals surface area contributed by atoms with Crippen LogP contribution in [0.4, 0.5) is 0 Å². The van der Waals surface area contributed by atoms with Crippen LogP contribution in [0, 0.1) is 6.07 Å². The van der Waals surface area contributed by atoms with E-state index in [1.807, 2.05) is 6.92 Å². The molecule has 2 rings (SSSR count). The van der Waals surface area contributed by atoms with Crippen LogP contribution < -0.4 is 9.47 Å². The van der Waals surface area contributed by atoms with Gasteiger partial charge in [-0.2, -0.15) is 0 Å². The van der Waals surface area contributed by atoms with Gasteiger partial charge in [0.15, 0.2) is 0 Å². The second kappa shape index (κ2) is 10.0. The fraction of sp³-hybridized carbons (Fsp3) is 0.238. The lowest BCUT2D eigenvalue weighted by atomic mass is 10.2. The zero-order valence-corrected chi connectivity index (χ0v) is 14.6. The van der Waals surface area contributed by atoms with E-state index in [4.69, 9.17) is 14.2 Å². The lowest BCUT2D eigenvalue weighted by Gasteiger charge is -2.20. The normalized spacial score (nSPS) is 11.3. The van der Waals surface area contributed by atoms with Gasteiger partial charge in [0, 0.05) is 18.6 Å². The van der Waals surface area contributed by atoms with Crippen LogP contribution in [-0.4, -0.2) is 18.2 Å². The third kappa shape index (κ3) is 5.77. The zero-order chi connectivity index (χ0) is 18.8. The minimum Gasteiger partial charge on any atom is -0.454 e. The number of para-hydroxylation sites is 2. The van der Waals surface area contributed by atoms with Crippen LogP contribution in [0.2, 0.25) is 0 Å². The molecular formula is C21H21O5. The molecule has 0 heterocycles. The maximum Gasteiger partial charge on any atom is 0.347 e. The van der Waals surface area contributed by atoms with E-state index in [2.05, 4.69) is 12.6 Å². The Labute approximate surface area is 153 Å². The molecule has 0 aliphatic carbocycles. The summed E-state index contributed by atoms with van der Waals surface area (Å²) in [6.07, 6.45) is 2.50. The fourth-order valence-corrected chi connectivity index (χ4v) is 2.17. The van der Waals surface area contributed by atoms with Crippen LogP contribution in [0.15, 0.2) is 61.2 Å². The highest BCUT2D eigenvalue weighted by molar-refractivity contribution is 5.94. The van der Waals surface area contributed by atoms with Crippen LogP contribution in [0.5, 0.6) is 11.5 Å². The standard InChI is InChI=1S/C21H21O5/c1-3-5-15-20(26-19(22)4-2)25-18-14-10-9-13-17(18)21(23)24-16-11-7-6-8-12-16/h4,6-11,13-14,20H,2-3,5,15H2,1H3. The Bertz CT molecular complexity index is 739. The maximum atomic E-state index is 12.5. The number of esters is 2. The molecule has 0 spiro atoms. The Morgan fingerprint density at radius 3 is 2.65 bits per heavy atom. The second-order valence-corrected chi connectivity index (χ2v) is 5.44. The summed E-state index contributed by atoms with van der Waals surface area (Å²) < 4.78 is 16.3. The number of carbonyl (C=O) groups excluding carboxylic acids is 2. The van der Waals surface area contributed by atoms with E-state index < -0.39 is 18.2 Å². The summed E-state index contributed by atoms with van der Waals surface area (Å²) in [5.41, 5.74) is 0.237. The number of hydrogen-bond acceptors (Lipinski definition) is 5. The number of hydrogen-bond donors (Lipinski definition) is 0. The minimum atomic E-state index is -0.808. The minimum absolute atomic E-state index is 0.237. The zero-order valence-electron chi connectivity index (χ0n) is 14.6. The summed E-state index contributed by atoms with van der Waals surface area (Å²) >= 11 is 0. The average Bonchev–Trinajstić information content (AvgIpc) is 2.67. The summed E-state index contributed by atoms with van der Waals surface area (Å²) in [4.78, 5) is 24.0. The molecule has 0 aromatic heterocycles. The second-order valence-electron chi connectivity index (χ2n) is 5.44. The molecule has 0 amide bonds. The molecule has 0 aliphatic heterocycles. The highest BCUT2D eigenvalue weighted by Gasteiger charge is 2.20. The van der Waals surface area contributed by atoms with Gasteiger partial charge in [0.05, 0.1) is 0 Å². The van der Waals surface area contributed by atoms with Crippen LogP contribution in [0.3, 0.4) is 0 Å².